The van der Waals surface area contributed by atoms with Crippen molar-refractivity contribution in [2.45, 2.75) is 25.5 Å². The predicted octanol–water partition coefficient (Wildman–Crippen LogP) is 3.36. The minimum absolute atomic E-state index is 0.0307. The maximum atomic E-state index is 12.2. The Hall–Kier alpha value is -2.80. The summed E-state index contributed by atoms with van der Waals surface area (Å²) in [6.45, 7) is 4.64. The number of thioether (sulfide) groups is 1. The van der Waals surface area contributed by atoms with Crippen LogP contribution in [-0.4, -0.2) is 40.5 Å². The lowest BCUT2D eigenvalue weighted by Crippen LogP contribution is -2.24. The zero-order chi connectivity index (χ0) is 20.1. The Morgan fingerprint density at radius 1 is 1.14 bits per heavy atom. The summed E-state index contributed by atoms with van der Waals surface area (Å²) >= 11 is 1.38. The molecule has 0 atom stereocenters. The van der Waals surface area contributed by atoms with Crippen LogP contribution in [0.1, 0.15) is 16.7 Å². The van der Waals surface area contributed by atoms with Gasteiger partial charge in [-0.05, 0) is 43.2 Å². The first kappa shape index (κ1) is 19.9. The highest BCUT2D eigenvalue weighted by atomic mass is 32.2. The molecule has 0 spiro atoms. The monoisotopic (exact) mass is 395 g/mol. The van der Waals surface area contributed by atoms with Crippen molar-refractivity contribution in [1.82, 2.24) is 20.1 Å². The van der Waals surface area contributed by atoms with Crippen molar-refractivity contribution in [2.75, 3.05) is 24.7 Å². The minimum Gasteiger partial charge on any atom is -0.378 e. The number of benzene rings is 2. The van der Waals surface area contributed by atoms with Crippen LogP contribution in [0, 0.1) is 13.8 Å². The molecule has 1 N–H and O–H groups in total. The van der Waals surface area contributed by atoms with E-state index >= 15 is 0 Å². The average Bonchev–Trinajstić information content (AvgIpc) is 3.13. The molecule has 0 aliphatic rings. The molecule has 3 rings (SSSR count). The Bertz CT molecular complexity index is 950. The lowest BCUT2D eigenvalue weighted by Gasteiger charge is -2.13. The van der Waals surface area contributed by atoms with Gasteiger partial charge in [0.25, 0.3) is 0 Å². The number of carbonyl (C=O) groups is 1. The summed E-state index contributed by atoms with van der Waals surface area (Å²) in [7, 11) is 4.01. The van der Waals surface area contributed by atoms with Crippen LogP contribution in [0.3, 0.4) is 0 Å². The molecule has 0 saturated carbocycles. The molecule has 7 heteroatoms. The summed E-state index contributed by atoms with van der Waals surface area (Å²) < 4.78 is 1.92. The van der Waals surface area contributed by atoms with E-state index in [9.17, 15) is 4.79 Å². The van der Waals surface area contributed by atoms with Crippen molar-refractivity contribution >= 4 is 23.4 Å². The van der Waals surface area contributed by atoms with Crippen LogP contribution < -0.4 is 10.2 Å². The molecule has 0 unspecified atom stereocenters. The molecule has 6 nitrogen and oxygen atoms in total. The Balaban J connectivity index is 1.56. The fourth-order valence-electron chi connectivity index (χ4n) is 2.86. The van der Waals surface area contributed by atoms with Gasteiger partial charge >= 0.3 is 0 Å². The first-order chi connectivity index (χ1) is 13.4. The van der Waals surface area contributed by atoms with Crippen LogP contribution in [0.25, 0.3) is 5.69 Å². The number of carbonyl (C=O) groups excluding carboxylic acids is 1. The number of aryl methyl sites for hydroxylation is 2. The highest BCUT2D eigenvalue weighted by Crippen LogP contribution is 2.22. The third-order valence-corrected chi connectivity index (χ3v) is 5.35. The van der Waals surface area contributed by atoms with Crippen LogP contribution in [-0.2, 0) is 11.3 Å². The summed E-state index contributed by atoms with van der Waals surface area (Å²) in [5.41, 5.74) is 5.59. The summed E-state index contributed by atoms with van der Waals surface area (Å²) in [6.07, 6.45) is 1.68. The van der Waals surface area contributed by atoms with E-state index < -0.39 is 0 Å². The lowest BCUT2D eigenvalue weighted by atomic mass is 10.1. The van der Waals surface area contributed by atoms with E-state index in [4.69, 9.17) is 0 Å². The maximum absolute atomic E-state index is 12.2. The number of hydrogen-bond donors (Lipinski definition) is 1. The summed E-state index contributed by atoms with van der Waals surface area (Å²) in [6, 6.07) is 14.4. The van der Waals surface area contributed by atoms with Crippen LogP contribution in [0.15, 0.2) is 53.9 Å². The molecular weight excluding hydrogens is 370 g/mol. The average molecular weight is 396 g/mol. The Labute approximate surface area is 170 Å². The Kier molecular flexibility index (Phi) is 6.36. The smallest absolute Gasteiger partial charge is 0.230 e. The molecule has 1 aromatic heterocycles. The zero-order valence-electron chi connectivity index (χ0n) is 16.6. The van der Waals surface area contributed by atoms with Crippen LogP contribution in [0.5, 0.6) is 0 Å². The van der Waals surface area contributed by atoms with E-state index in [0.717, 1.165) is 22.5 Å². The van der Waals surface area contributed by atoms with E-state index in [-0.39, 0.29) is 5.91 Å². The molecule has 0 bridgehead atoms. The second kappa shape index (κ2) is 8.93. The number of hydrogen-bond acceptors (Lipinski definition) is 5. The molecule has 0 radical (unpaired) electrons. The topological polar surface area (TPSA) is 63.1 Å². The predicted molar refractivity (Wildman–Crippen MR) is 114 cm³/mol. The van der Waals surface area contributed by atoms with Crippen molar-refractivity contribution in [3.63, 3.8) is 0 Å². The second-order valence-corrected chi connectivity index (χ2v) is 7.84. The number of rotatable bonds is 7. The van der Waals surface area contributed by atoms with Gasteiger partial charge in [0, 0.05) is 26.3 Å². The molecule has 146 valence electrons. The summed E-state index contributed by atoms with van der Waals surface area (Å²) in [4.78, 5) is 14.3. The summed E-state index contributed by atoms with van der Waals surface area (Å²) in [5.74, 6) is 0.260. The van der Waals surface area contributed by atoms with Crippen LogP contribution in [0.4, 0.5) is 5.69 Å². The molecule has 1 amide bonds. The SMILES string of the molecule is Cc1ccc(-n2cnnc2SCC(=O)NCc2ccc(N(C)C)cc2)c(C)c1. The maximum Gasteiger partial charge on any atom is 0.230 e. The van der Waals surface area contributed by atoms with Gasteiger partial charge in [-0.1, -0.05) is 41.6 Å². The third kappa shape index (κ3) is 4.92. The van der Waals surface area contributed by atoms with Crippen molar-refractivity contribution in [2.24, 2.45) is 0 Å². The van der Waals surface area contributed by atoms with Gasteiger partial charge in [-0.3, -0.25) is 9.36 Å². The molecule has 0 aliphatic heterocycles. The molecule has 3 aromatic rings. The minimum atomic E-state index is -0.0307. The number of nitrogens with zero attached hydrogens (tertiary/aromatic N) is 4. The van der Waals surface area contributed by atoms with Crippen molar-refractivity contribution in [1.29, 1.82) is 0 Å². The third-order valence-electron chi connectivity index (χ3n) is 4.40. The van der Waals surface area contributed by atoms with E-state index in [1.54, 1.807) is 6.33 Å². The number of amides is 1. The van der Waals surface area contributed by atoms with Gasteiger partial charge in [0.1, 0.15) is 6.33 Å². The first-order valence-electron chi connectivity index (χ1n) is 9.07. The number of aromatic nitrogens is 3. The zero-order valence-corrected chi connectivity index (χ0v) is 17.5. The summed E-state index contributed by atoms with van der Waals surface area (Å²) in [5, 5.41) is 11.8. The number of nitrogens with one attached hydrogen (secondary N) is 1. The number of anilines is 1. The Morgan fingerprint density at radius 3 is 2.57 bits per heavy atom. The quantitative estimate of drug-likeness (QED) is 0.622. The normalized spacial score (nSPS) is 10.7. The molecule has 28 heavy (non-hydrogen) atoms. The van der Waals surface area contributed by atoms with Gasteiger partial charge in [-0.2, -0.15) is 0 Å². The van der Waals surface area contributed by atoms with Gasteiger partial charge in [0.2, 0.25) is 5.91 Å². The molecule has 1 heterocycles. The molecule has 0 fully saturated rings. The van der Waals surface area contributed by atoms with Crippen molar-refractivity contribution in [3.05, 3.63) is 65.5 Å². The van der Waals surface area contributed by atoms with Gasteiger partial charge in [-0.25, -0.2) is 0 Å². The highest BCUT2D eigenvalue weighted by molar-refractivity contribution is 7.99. The molecule has 0 aliphatic carbocycles. The highest BCUT2D eigenvalue weighted by Gasteiger charge is 2.11. The van der Waals surface area contributed by atoms with E-state index in [1.165, 1.54) is 17.3 Å². The van der Waals surface area contributed by atoms with Gasteiger partial charge in [0.05, 0.1) is 11.4 Å². The van der Waals surface area contributed by atoms with Crippen LogP contribution in [0.2, 0.25) is 0 Å². The van der Waals surface area contributed by atoms with E-state index in [1.807, 2.05) is 47.8 Å². The largest absolute Gasteiger partial charge is 0.378 e. The van der Waals surface area contributed by atoms with Crippen molar-refractivity contribution in [3.8, 4) is 5.69 Å². The van der Waals surface area contributed by atoms with Gasteiger partial charge in [0.15, 0.2) is 5.16 Å². The fraction of sp³-hybridized carbons (Fsp3) is 0.286. The molecule has 0 saturated heterocycles. The first-order valence-corrected chi connectivity index (χ1v) is 10.1. The van der Waals surface area contributed by atoms with Crippen LogP contribution >= 0.6 is 11.8 Å². The van der Waals surface area contributed by atoms with E-state index in [0.29, 0.717) is 17.5 Å². The second-order valence-electron chi connectivity index (χ2n) is 6.90. The van der Waals surface area contributed by atoms with Gasteiger partial charge in [-0.15, -0.1) is 10.2 Å². The lowest BCUT2D eigenvalue weighted by molar-refractivity contribution is -0.118. The Morgan fingerprint density at radius 2 is 1.89 bits per heavy atom. The molecular formula is C21H25N5OS. The fourth-order valence-corrected chi connectivity index (χ4v) is 3.61. The van der Waals surface area contributed by atoms with Crippen molar-refractivity contribution < 1.29 is 4.79 Å². The van der Waals surface area contributed by atoms with E-state index in [2.05, 4.69) is 47.6 Å². The molecule has 2 aromatic carbocycles. The standard InChI is InChI=1S/C21H25N5OS/c1-15-5-10-19(16(2)11-15)26-14-23-24-21(26)28-13-20(27)22-12-17-6-8-18(9-7-17)25(3)4/h5-11,14H,12-13H2,1-4H3,(H,22,27). The van der Waals surface area contributed by atoms with Gasteiger partial charge < -0.3 is 10.2 Å².